The SMILES string of the molecule is CCn1c(CCNC)cc2cc(C(F)(F)F)ccc21. The quantitative estimate of drug-likeness (QED) is 0.900. The predicted molar refractivity (Wildman–Crippen MR) is 70.2 cm³/mol. The van der Waals surface area contributed by atoms with Crippen molar-refractivity contribution in [2.45, 2.75) is 26.1 Å². The molecular weight excluding hydrogens is 253 g/mol. The van der Waals surface area contributed by atoms with Gasteiger partial charge in [0.05, 0.1) is 5.56 Å². The molecule has 0 aliphatic heterocycles. The number of nitrogens with one attached hydrogen (secondary N) is 1. The van der Waals surface area contributed by atoms with Gasteiger partial charge in [-0.2, -0.15) is 13.2 Å². The second-order valence-electron chi connectivity index (χ2n) is 4.50. The van der Waals surface area contributed by atoms with E-state index in [1.165, 1.54) is 6.07 Å². The lowest BCUT2D eigenvalue weighted by Crippen LogP contribution is -2.13. The van der Waals surface area contributed by atoms with Crippen molar-refractivity contribution in [3.8, 4) is 0 Å². The molecule has 104 valence electrons. The smallest absolute Gasteiger partial charge is 0.345 e. The molecule has 2 aromatic rings. The Kier molecular flexibility index (Phi) is 3.85. The number of hydrogen-bond acceptors (Lipinski definition) is 1. The molecule has 0 saturated carbocycles. The molecule has 0 aliphatic rings. The minimum Gasteiger partial charge on any atom is -0.345 e. The first kappa shape index (κ1) is 13.9. The monoisotopic (exact) mass is 270 g/mol. The van der Waals surface area contributed by atoms with E-state index in [4.69, 9.17) is 0 Å². The highest BCUT2D eigenvalue weighted by atomic mass is 19.4. The van der Waals surface area contributed by atoms with Crippen LogP contribution in [0.15, 0.2) is 24.3 Å². The number of halogens is 3. The zero-order valence-electron chi connectivity index (χ0n) is 11.0. The Labute approximate surface area is 110 Å². The second kappa shape index (κ2) is 5.25. The molecular formula is C14H17F3N2. The number of likely N-dealkylation sites (N-methyl/N-ethyl adjacent to an activating group) is 1. The summed E-state index contributed by atoms with van der Waals surface area (Å²) in [6.45, 7) is 3.57. The first-order valence-electron chi connectivity index (χ1n) is 6.31. The third-order valence-electron chi connectivity index (χ3n) is 3.26. The molecule has 0 spiro atoms. The van der Waals surface area contributed by atoms with Crippen LogP contribution in [0.4, 0.5) is 13.2 Å². The fourth-order valence-electron chi connectivity index (χ4n) is 2.34. The highest BCUT2D eigenvalue weighted by Gasteiger charge is 2.30. The van der Waals surface area contributed by atoms with Crippen molar-refractivity contribution in [2.75, 3.05) is 13.6 Å². The van der Waals surface area contributed by atoms with Gasteiger partial charge < -0.3 is 9.88 Å². The van der Waals surface area contributed by atoms with Crippen molar-refractivity contribution < 1.29 is 13.2 Å². The third-order valence-corrected chi connectivity index (χ3v) is 3.26. The van der Waals surface area contributed by atoms with Gasteiger partial charge in [-0.25, -0.2) is 0 Å². The summed E-state index contributed by atoms with van der Waals surface area (Å²) >= 11 is 0. The number of aryl methyl sites for hydroxylation is 1. The Morgan fingerprint density at radius 2 is 1.95 bits per heavy atom. The van der Waals surface area contributed by atoms with E-state index >= 15 is 0 Å². The molecule has 1 heterocycles. The standard InChI is InChI=1S/C14H17F3N2/c1-3-19-12(6-7-18-2)9-10-8-11(14(15,16)17)4-5-13(10)19/h4-5,8-9,18H,3,6-7H2,1-2H3. The van der Waals surface area contributed by atoms with Gasteiger partial charge in [0.1, 0.15) is 0 Å². The van der Waals surface area contributed by atoms with Crippen LogP contribution in [0.25, 0.3) is 10.9 Å². The average Bonchev–Trinajstić information content (AvgIpc) is 2.71. The summed E-state index contributed by atoms with van der Waals surface area (Å²) < 4.78 is 40.1. The predicted octanol–water partition coefficient (Wildman–Crippen LogP) is 3.44. The summed E-state index contributed by atoms with van der Waals surface area (Å²) in [6, 6.07) is 5.79. The van der Waals surface area contributed by atoms with Crippen LogP contribution in [0.5, 0.6) is 0 Å². The number of fused-ring (bicyclic) bond motifs is 1. The highest BCUT2D eigenvalue weighted by molar-refractivity contribution is 5.82. The maximum absolute atomic E-state index is 12.7. The van der Waals surface area contributed by atoms with Gasteiger partial charge in [0.2, 0.25) is 0 Å². The second-order valence-corrected chi connectivity index (χ2v) is 4.50. The van der Waals surface area contributed by atoms with Crippen molar-refractivity contribution in [3.05, 3.63) is 35.5 Å². The topological polar surface area (TPSA) is 17.0 Å². The Morgan fingerprint density at radius 3 is 2.53 bits per heavy atom. The minimum atomic E-state index is -4.28. The van der Waals surface area contributed by atoms with E-state index in [2.05, 4.69) is 9.88 Å². The lowest BCUT2D eigenvalue weighted by molar-refractivity contribution is -0.137. The number of hydrogen-bond donors (Lipinski definition) is 1. The zero-order chi connectivity index (χ0) is 14.0. The van der Waals surface area contributed by atoms with Crippen LogP contribution in [0.3, 0.4) is 0 Å². The molecule has 0 fully saturated rings. The molecule has 1 aromatic carbocycles. The average molecular weight is 270 g/mol. The van der Waals surface area contributed by atoms with Gasteiger partial charge in [-0.1, -0.05) is 0 Å². The Hall–Kier alpha value is -1.49. The van der Waals surface area contributed by atoms with Gasteiger partial charge in [-0.05, 0) is 38.2 Å². The van der Waals surface area contributed by atoms with E-state index in [1.807, 2.05) is 20.0 Å². The van der Waals surface area contributed by atoms with Crippen LogP contribution in [0.1, 0.15) is 18.2 Å². The fraction of sp³-hybridized carbons (Fsp3) is 0.429. The molecule has 0 bridgehead atoms. The Bertz CT molecular complexity index is 570. The number of nitrogens with zero attached hydrogens (tertiary/aromatic N) is 1. The van der Waals surface area contributed by atoms with Gasteiger partial charge >= 0.3 is 6.18 Å². The summed E-state index contributed by atoms with van der Waals surface area (Å²) in [5, 5.41) is 3.71. The largest absolute Gasteiger partial charge is 0.416 e. The highest BCUT2D eigenvalue weighted by Crippen LogP contribution is 2.32. The number of rotatable bonds is 4. The molecule has 2 nitrogen and oxygen atoms in total. The van der Waals surface area contributed by atoms with Gasteiger partial charge in [0, 0.05) is 36.1 Å². The molecule has 0 aliphatic carbocycles. The molecule has 0 amide bonds. The summed E-state index contributed by atoms with van der Waals surface area (Å²) in [7, 11) is 1.86. The lowest BCUT2D eigenvalue weighted by Gasteiger charge is -2.09. The van der Waals surface area contributed by atoms with Crippen LogP contribution in [-0.4, -0.2) is 18.2 Å². The van der Waals surface area contributed by atoms with Crippen molar-refractivity contribution in [1.82, 2.24) is 9.88 Å². The maximum atomic E-state index is 12.7. The van der Waals surface area contributed by atoms with E-state index < -0.39 is 11.7 Å². The van der Waals surface area contributed by atoms with Crippen molar-refractivity contribution >= 4 is 10.9 Å². The molecule has 0 unspecified atom stereocenters. The molecule has 0 radical (unpaired) electrons. The molecule has 1 aromatic heterocycles. The minimum absolute atomic E-state index is 0.589. The van der Waals surface area contributed by atoms with E-state index in [0.29, 0.717) is 5.39 Å². The summed E-state index contributed by atoms with van der Waals surface area (Å²) in [5.41, 5.74) is 1.33. The molecule has 0 atom stereocenters. The Morgan fingerprint density at radius 1 is 1.21 bits per heavy atom. The van der Waals surface area contributed by atoms with Crippen molar-refractivity contribution in [2.24, 2.45) is 0 Å². The van der Waals surface area contributed by atoms with Gasteiger partial charge in [-0.15, -0.1) is 0 Å². The van der Waals surface area contributed by atoms with Gasteiger partial charge in [0.25, 0.3) is 0 Å². The first-order chi connectivity index (χ1) is 8.97. The van der Waals surface area contributed by atoms with Gasteiger partial charge in [-0.3, -0.25) is 0 Å². The molecule has 19 heavy (non-hydrogen) atoms. The van der Waals surface area contributed by atoms with Crippen molar-refractivity contribution in [1.29, 1.82) is 0 Å². The van der Waals surface area contributed by atoms with Crippen molar-refractivity contribution in [3.63, 3.8) is 0 Å². The normalized spacial score (nSPS) is 12.3. The van der Waals surface area contributed by atoms with Crippen LogP contribution in [-0.2, 0) is 19.1 Å². The van der Waals surface area contributed by atoms with Gasteiger partial charge in [0.15, 0.2) is 0 Å². The van der Waals surface area contributed by atoms with E-state index in [9.17, 15) is 13.2 Å². The lowest BCUT2D eigenvalue weighted by atomic mass is 10.1. The van der Waals surface area contributed by atoms with Crippen LogP contribution in [0, 0.1) is 0 Å². The zero-order valence-corrected chi connectivity index (χ0v) is 11.0. The van der Waals surface area contributed by atoms with Crippen LogP contribution >= 0.6 is 0 Å². The summed E-state index contributed by atoms with van der Waals surface area (Å²) in [4.78, 5) is 0. The number of aromatic nitrogens is 1. The van der Waals surface area contributed by atoms with Crippen LogP contribution in [0.2, 0.25) is 0 Å². The maximum Gasteiger partial charge on any atom is 0.416 e. The molecule has 0 saturated heterocycles. The third kappa shape index (κ3) is 2.76. The van der Waals surface area contributed by atoms with E-state index in [-0.39, 0.29) is 0 Å². The summed E-state index contributed by atoms with van der Waals surface area (Å²) in [5.74, 6) is 0. The number of benzene rings is 1. The molecule has 2 rings (SSSR count). The summed E-state index contributed by atoms with van der Waals surface area (Å²) in [6.07, 6.45) is -3.48. The van der Waals surface area contributed by atoms with Crippen LogP contribution < -0.4 is 5.32 Å². The molecule has 1 N–H and O–H groups in total. The number of alkyl halides is 3. The van der Waals surface area contributed by atoms with E-state index in [0.717, 1.165) is 36.8 Å². The Balaban J connectivity index is 2.49. The molecule has 5 heteroatoms. The first-order valence-corrected chi connectivity index (χ1v) is 6.31. The van der Waals surface area contributed by atoms with E-state index in [1.54, 1.807) is 6.07 Å². The fourth-order valence-corrected chi connectivity index (χ4v) is 2.34.